The lowest BCUT2D eigenvalue weighted by atomic mass is 10.1. The van der Waals surface area contributed by atoms with Crippen LogP contribution in [0.3, 0.4) is 0 Å². The first-order valence-electron chi connectivity index (χ1n) is 9.46. The molecule has 1 aromatic carbocycles. The van der Waals surface area contributed by atoms with Crippen molar-refractivity contribution in [1.82, 2.24) is 23.8 Å². The zero-order valence-electron chi connectivity index (χ0n) is 15.1. The molecule has 1 aliphatic rings. The highest BCUT2D eigenvalue weighted by Crippen LogP contribution is 2.26. The average Bonchev–Trinajstić information content (AvgIpc) is 3.22. The molecule has 4 heterocycles. The quantitative estimate of drug-likeness (QED) is 0.569. The van der Waals surface area contributed by atoms with Gasteiger partial charge in [0.25, 0.3) is 0 Å². The van der Waals surface area contributed by atoms with E-state index in [0.29, 0.717) is 0 Å². The van der Waals surface area contributed by atoms with Crippen molar-refractivity contribution in [2.45, 2.75) is 26.3 Å². The van der Waals surface area contributed by atoms with Crippen LogP contribution in [0, 0.1) is 0 Å². The van der Waals surface area contributed by atoms with Crippen LogP contribution >= 0.6 is 0 Å². The summed E-state index contributed by atoms with van der Waals surface area (Å²) >= 11 is 0. The number of hydrogen-bond acceptors (Lipinski definition) is 3. The highest BCUT2D eigenvalue weighted by Gasteiger charge is 2.17. The fourth-order valence-electron chi connectivity index (χ4n) is 4.04. The van der Waals surface area contributed by atoms with Crippen LogP contribution in [0.25, 0.3) is 27.8 Å². The third-order valence-electron chi connectivity index (χ3n) is 5.38. The van der Waals surface area contributed by atoms with Crippen LogP contribution in [0.5, 0.6) is 0 Å². The number of imidazole rings is 2. The number of fused-ring (bicyclic) bond motifs is 4. The Balaban J connectivity index is 1.51. The molecule has 0 spiro atoms. The van der Waals surface area contributed by atoms with E-state index in [9.17, 15) is 0 Å². The van der Waals surface area contributed by atoms with E-state index in [1.54, 1.807) is 0 Å². The highest BCUT2D eigenvalue weighted by molar-refractivity contribution is 5.82. The van der Waals surface area contributed by atoms with Gasteiger partial charge in [0, 0.05) is 44.6 Å². The molecule has 0 amide bonds. The number of aromatic nitrogens is 4. The molecule has 0 radical (unpaired) electrons. The Kier molecular flexibility index (Phi) is 3.75. The largest absolute Gasteiger partial charge is 0.327 e. The molecule has 4 aromatic rings. The van der Waals surface area contributed by atoms with Gasteiger partial charge >= 0.3 is 0 Å². The maximum Gasteiger partial charge on any atom is 0.136 e. The van der Waals surface area contributed by atoms with Crippen LogP contribution in [-0.4, -0.2) is 43.5 Å². The molecule has 0 fully saturated rings. The molecular weight excluding hydrogens is 322 g/mol. The zero-order chi connectivity index (χ0) is 17.5. The Morgan fingerprint density at radius 1 is 1.04 bits per heavy atom. The molecule has 5 rings (SSSR count). The molecule has 0 unspecified atom stereocenters. The number of benzene rings is 1. The number of nitrogens with zero attached hydrogens (tertiary/aromatic N) is 5. The van der Waals surface area contributed by atoms with Gasteiger partial charge < -0.3 is 13.9 Å². The fourth-order valence-corrected chi connectivity index (χ4v) is 4.04. The lowest BCUT2D eigenvalue weighted by Crippen LogP contribution is -2.27. The van der Waals surface area contributed by atoms with Gasteiger partial charge in [0.15, 0.2) is 0 Å². The SMILES string of the molecule is CCCN1CCc2nc3cc(-c4ccc5nccn5c4)ccc3n2CC1. The summed E-state index contributed by atoms with van der Waals surface area (Å²) in [6.07, 6.45) is 8.20. The van der Waals surface area contributed by atoms with E-state index >= 15 is 0 Å². The molecule has 26 heavy (non-hydrogen) atoms. The van der Waals surface area contributed by atoms with E-state index in [-0.39, 0.29) is 0 Å². The van der Waals surface area contributed by atoms with Gasteiger partial charge in [-0.15, -0.1) is 0 Å². The molecule has 0 aliphatic carbocycles. The summed E-state index contributed by atoms with van der Waals surface area (Å²) in [6.45, 7) is 6.70. The first-order valence-corrected chi connectivity index (χ1v) is 9.46. The normalized spacial score (nSPS) is 15.4. The topological polar surface area (TPSA) is 38.4 Å². The minimum atomic E-state index is 0.972. The maximum absolute atomic E-state index is 4.96. The van der Waals surface area contributed by atoms with Crippen molar-refractivity contribution in [3.8, 4) is 11.1 Å². The maximum atomic E-state index is 4.96. The van der Waals surface area contributed by atoms with Gasteiger partial charge in [-0.2, -0.15) is 0 Å². The summed E-state index contributed by atoms with van der Waals surface area (Å²) in [7, 11) is 0. The van der Waals surface area contributed by atoms with Crippen molar-refractivity contribution < 1.29 is 0 Å². The van der Waals surface area contributed by atoms with Gasteiger partial charge in [-0.25, -0.2) is 9.97 Å². The molecule has 132 valence electrons. The van der Waals surface area contributed by atoms with Crippen LogP contribution in [0.15, 0.2) is 48.9 Å². The molecule has 0 saturated carbocycles. The van der Waals surface area contributed by atoms with Gasteiger partial charge in [0.1, 0.15) is 11.5 Å². The zero-order valence-corrected chi connectivity index (χ0v) is 15.1. The molecule has 0 bridgehead atoms. The van der Waals surface area contributed by atoms with Crippen molar-refractivity contribution in [2.24, 2.45) is 0 Å². The number of hydrogen-bond donors (Lipinski definition) is 0. The van der Waals surface area contributed by atoms with E-state index in [4.69, 9.17) is 4.98 Å². The third-order valence-corrected chi connectivity index (χ3v) is 5.38. The minimum absolute atomic E-state index is 0.972. The second-order valence-corrected chi connectivity index (χ2v) is 7.09. The first kappa shape index (κ1) is 15.6. The van der Waals surface area contributed by atoms with Crippen LogP contribution < -0.4 is 0 Å². The van der Waals surface area contributed by atoms with Gasteiger partial charge in [0.2, 0.25) is 0 Å². The Hall–Kier alpha value is -2.66. The van der Waals surface area contributed by atoms with E-state index in [1.165, 1.54) is 35.4 Å². The van der Waals surface area contributed by atoms with Crippen LogP contribution in [0.4, 0.5) is 0 Å². The van der Waals surface area contributed by atoms with Crippen LogP contribution in [0.1, 0.15) is 19.2 Å². The Labute approximate surface area is 152 Å². The van der Waals surface area contributed by atoms with Crippen molar-refractivity contribution in [3.05, 3.63) is 54.7 Å². The average molecular weight is 345 g/mol. The van der Waals surface area contributed by atoms with Crippen LogP contribution in [0.2, 0.25) is 0 Å². The highest BCUT2D eigenvalue weighted by atomic mass is 15.2. The predicted octanol–water partition coefficient (Wildman–Crippen LogP) is 3.62. The van der Waals surface area contributed by atoms with Crippen molar-refractivity contribution in [1.29, 1.82) is 0 Å². The predicted molar refractivity (Wildman–Crippen MR) is 104 cm³/mol. The minimum Gasteiger partial charge on any atom is -0.327 e. The monoisotopic (exact) mass is 345 g/mol. The molecule has 0 saturated heterocycles. The summed E-state index contributed by atoms with van der Waals surface area (Å²) in [5, 5.41) is 0. The molecule has 1 aliphatic heterocycles. The van der Waals surface area contributed by atoms with Gasteiger partial charge in [-0.1, -0.05) is 13.0 Å². The molecule has 5 heteroatoms. The van der Waals surface area contributed by atoms with Crippen molar-refractivity contribution >= 4 is 16.7 Å². The van der Waals surface area contributed by atoms with E-state index in [2.05, 4.69) is 62.3 Å². The Morgan fingerprint density at radius 3 is 2.88 bits per heavy atom. The fraction of sp³-hybridized carbons (Fsp3) is 0.333. The standard InChI is InChI=1S/C21H23N5/c1-2-9-24-10-7-21-23-18-14-16(3-5-19(18)26(21)13-12-24)17-4-6-20-22-8-11-25(20)15-17/h3-6,8,11,14-15H,2,7,9-10,12-13H2,1H3. The summed E-state index contributed by atoms with van der Waals surface area (Å²) in [5.41, 5.74) is 5.72. The van der Waals surface area contributed by atoms with Gasteiger partial charge in [0.05, 0.1) is 11.0 Å². The molecule has 5 nitrogen and oxygen atoms in total. The molecule has 0 atom stereocenters. The number of rotatable bonds is 3. The third kappa shape index (κ3) is 2.59. The lowest BCUT2D eigenvalue weighted by molar-refractivity contribution is 0.281. The van der Waals surface area contributed by atoms with Crippen molar-refractivity contribution in [3.63, 3.8) is 0 Å². The summed E-state index contributed by atoms with van der Waals surface area (Å²) in [6, 6.07) is 10.9. The summed E-state index contributed by atoms with van der Waals surface area (Å²) < 4.78 is 4.47. The molecule has 3 aromatic heterocycles. The second kappa shape index (κ2) is 6.25. The Bertz CT molecular complexity index is 1070. The van der Waals surface area contributed by atoms with Crippen LogP contribution in [-0.2, 0) is 13.0 Å². The smallest absolute Gasteiger partial charge is 0.136 e. The second-order valence-electron chi connectivity index (χ2n) is 7.09. The van der Waals surface area contributed by atoms with Crippen molar-refractivity contribution in [2.75, 3.05) is 19.6 Å². The van der Waals surface area contributed by atoms with Gasteiger partial charge in [-0.05, 0) is 48.4 Å². The lowest BCUT2D eigenvalue weighted by Gasteiger charge is -2.18. The molecule has 0 N–H and O–H groups in total. The van der Waals surface area contributed by atoms with Gasteiger partial charge in [-0.3, -0.25) is 0 Å². The first-order chi connectivity index (χ1) is 12.8. The van der Waals surface area contributed by atoms with E-state index < -0.39 is 0 Å². The number of pyridine rings is 1. The Morgan fingerprint density at radius 2 is 1.96 bits per heavy atom. The molecular formula is C21H23N5. The summed E-state index contributed by atoms with van der Waals surface area (Å²) in [4.78, 5) is 11.8. The van der Waals surface area contributed by atoms with E-state index in [1.807, 2.05) is 12.4 Å². The van der Waals surface area contributed by atoms with E-state index in [0.717, 1.165) is 37.2 Å². The summed E-state index contributed by atoms with van der Waals surface area (Å²) in [5.74, 6) is 1.22.